The van der Waals surface area contributed by atoms with Gasteiger partial charge in [-0.2, -0.15) is 5.26 Å². The van der Waals surface area contributed by atoms with E-state index in [1.165, 1.54) is 30.3 Å². The van der Waals surface area contributed by atoms with Crippen LogP contribution in [0.1, 0.15) is 12.5 Å². The van der Waals surface area contributed by atoms with Crippen molar-refractivity contribution in [3.63, 3.8) is 0 Å². The molecular weight excluding hydrogens is 335 g/mol. The molecule has 0 saturated carbocycles. The van der Waals surface area contributed by atoms with E-state index in [-0.39, 0.29) is 10.8 Å². The van der Waals surface area contributed by atoms with Gasteiger partial charge >= 0.3 is 0 Å². The fourth-order valence-corrected chi connectivity index (χ4v) is 1.80. The molecule has 7 heteroatoms. The highest BCUT2D eigenvalue weighted by Crippen LogP contribution is 2.19. The number of anilines is 1. The molecule has 0 fully saturated rings. The summed E-state index contributed by atoms with van der Waals surface area (Å²) in [4.78, 5) is 10.8. The first-order valence-electron chi connectivity index (χ1n) is 6.98. The highest BCUT2D eigenvalue weighted by Gasteiger charge is 2.03. The Hall–Kier alpha value is -2.62. The van der Waals surface area contributed by atoms with Crippen LogP contribution in [0.15, 0.2) is 42.5 Å². The van der Waals surface area contributed by atoms with Gasteiger partial charge in [0.2, 0.25) is 5.91 Å². The molecule has 0 atom stereocenters. The van der Waals surface area contributed by atoms with Crippen molar-refractivity contribution in [3.8, 4) is 11.8 Å². The van der Waals surface area contributed by atoms with Crippen LogP contribution in [0, 0.1) is 17.1 Å². The normalized spacial score (nSPS) is 9.29. The van der Waals surface area contributed by atoms with Crippen LogP contribution in [0.25, 0.3) is 0 Å². The number of rotatable bonds is 4. The van der Waals surface area contributed by atoms with E-state index >= 15 is 0 Å². The van der Waals surface area contributed by atoms with Crippen LogP contribution in [-0.2, 0) is 4.79 Å². The number of ether oxygens (including phenoxy) is 1. The first-order chi connectivity index (χ1) is 11.5. The molecule has 1 amide bonds. The van der Waals surface area contributed by atoms with Gasteiger partial charge in [-0.05, 0) is 49.4 Å². The predicted octanol–water partition coefficient (Wildman–Crippen LogP) is 3.37. The van der Waals surface area contributed by atoms with Gasteiger partial charge in [0, 0.05) is 5.69 Å². The maximum Gasteiger partial charge on any atom is 0.250 e. The van der Waals surface area contributed by atoms with Crippen molar-refractivity contribution in [1.82, 2.24) is 0 Å². The van der Waals surface area contributed by atoms with E-state index < -0.39 is 12.5 Å². The summed E-state index contributed by atoms with van der Waals surface area (Å²) in [7, 11) is 0. The maximum atomic E-state index is 12.3. The molecule has 0 aromatic heterocycles. The Kier molecular flexibility index (Phi) is 8.26. The number of benzene rings is 2. The molecule has 2 N–H and O–H groups in total. The monoisotopic (exact) mass is 350 g/mol. The molecule has 126 valence electrons. The Morgan fingerprint density at radius 1 is 1.33 bits per heavy atom. The zero-order valence-electron chi connectivity index (χ0n) is 12.9. The van der Waals surface area contributed by atoms with Crippen molar-refractivity contribution >= 4 is 23.2 Å². The molecule has 0 spiro atoms. The standard InChI is InChI=1S/C9H7ClN2O2.C8H9FO/c10-8-3-7(12-9(14)5-13)2-1-6(8)4-11;1-2-10-8-5-3-7(9)4-6-8/h1-3,13H,5H2,(H,12,14);3-6H,2H2,1H3. The van der Waals surface area contributed by atoms with Gasteiger partial charge in [-0.25, -0.2) is 4.39 Å². The summed E-state index contributed by atoms with van der Waals surface area (Å²) in [5.41, 5.74) is 0.793. The highest BCUT2D eigenvalue weighted by atomic mass is 35.5. The van der Waals surface area contributed by atoms with E-state index in [9.17, 15) is 9.18 Å². The van der Waals surface area contributed by atoms with Crippen LogP contribution in [0.3, 0.4) is 0 Å². The highest BCUT2D eigenvalue weighted by molar-refractivity contribution is 6.32. The zero-order valence-corrected chi connectivity index (χ0v) is 13.7. The second-order valence-corrected chi connectivity index (χ2v) is 4.81. The van der Waals surface area contributed by atoms with Crippen LogP contribution >= 0.6 is 11.6 Å². The van der Waals surface area contributed by atoms with Crippen LogP contribution in [0.2, 0.25) is 5.02 Å². The van der Waals surface area contributed by atoms with E-state index in [4.69, 9.17) is 26.7 Å². The van der Waals surface area contributed by atoms with Crippen molar-refractivity contribution in [3.05, 3.63) is 58.9 Å². The molecule has 5 nitrogen and oxygen atoms in total. The SMILES string of the molecule is CCOc1ccc(F)cc1.N#Cc1ccc(NC(=O)CO)cc1Cl. The van der Waals surface area contributed by atoms with E-state index in [0.717, 1.165) is 0 Å². The molecule has 24 heavy (non-hydrogen) atoms. The number of hydrogen-bond donors (Lipinski definition) is 2. The Morgan fingerprint density at radius 3 is 2.50 bits per heavy atom. The Balaban J connectivity index is 0.000000254. The fourth-order valence-electron chi connectivity index (χ4n) is 1.58. The Bertz CT molecular complexity index is 715. The number of aliphatic hydroxyl groups excluding tert-OH is 1. The lowest BCUT2D eigenvalue weighted by atomic mass is 10.2. The average molecular weight is 351 g/mol. The van der Waals surface area contributed by atoms with Crippen molar-refractivity contribution in [2.45, 2.75) is 6.92 Å². The molecule has 0 aliphatic heterocycles. The van der Waals surface area contributed by atoms with Gasteiger partial charge in [0.25, 0.3) is 0 Å². The van der Waals surface area contributed by atoms with Crippen molar-refractivity contribution in [2.75, 3.05) is 18.5 Å². The van der Waals surface area contributed by atoms with Gasteiger partial charge in [0.15, 0.2) is 0 Å². The van der Waals surface area contributed by atoms with Crippen LogP contribution in [0.4, 0.5) is 10.1 Å². The first kappa shape index (κ1) is 19.4. The second kappa shape index (κ2) is 10.2. The third-order valence-corrected chi connectivity index (χ3v) is 2.95. The minimum atomic E-state index is -0.586. The van der Waals surface area contributed by atoms with E-state index in [1.807, 2.05) is 13.0 Å². The van der Waals surface area contributed by atoms with Crippen LogP contribution in [-0.4, -0.2) is 24.2 Å². The predicted molar refractivity (Wildman–Crippen MR) is 89.5 cm³/mol. The van der Waals surface area contributed by atoms with Gasteiger partial charge in [-0.1, -0.05) is 11.6 Å². The molecule has 0 aliphatic carbocycles. The third kappa shape index (κ3) is 6.65. The van der Waals surface area contributed by atoms with Crippen LogP contribution in [0.5, 0.6) is 5.75 Å². The first-order valence-corrected chi connectivity index (χ1v) is 7.36. The van der Waals surface area contributed by atoms with Gasteiger partial charge in [0.05, 0.1) is 17.2 Å². The number of nitrogens with one attached hydrogen (secondary N) is 1. The summed E-state index contributed by atoms with van der Waals surface area (Å²) in [5.74, 6) is -0.0434. The summed E-state index contributed by atoms with van der Waals surface area (Å²) < 4.78 is 17.4. The van der Waals surface area contributed by atoms with E-state index in [1.54, 1.807) is 12.1 Å². The smallest absolute Gasteiger partial charge is 0.250 e. The summed E-state index contributed by atoms with van der Waals surface area (Å²) >= 11 is 5.72. The fraction of sp³-hybridized carbons (Fsp3) is 0.176. The number of aliphatic hydroxyl groups is 1. The van der Waals surface area contributed by atoms with Gasteiger partial charge in [-0.3, -0.25) is 4.79 Å². The lowest BCUT2D eigenvalue weighted by Crippen LogP contribution is -2.15. The summed E-state index contributed by atoms with van der Waals surface area (Å²) in [5, 5.41) is 19.7. The average Bonchev–Trinajstić information content (AvgIpc) is 2.58. The summed E-state index contributed by atoms with van der Waals surface area (Å²) in [6.07, 6.45) is 0. The minimum absolute atomic E-state index is 0.233. The Morgan fingerprint density at radius 2 is 2.00 bits per heavy atom. The number of nitrogens with zero attached hydrogens (tertiary/aromatic N) is 1. The quantitative estimate of drug-likeness (QED) is 0.885. The molecule has 2 aromatic carbocycles. The zero-order chi connectivity index (χ0) is 17.9. The molecular formula is C17H16ClFN2O3. The second-order valence-electron chi connectivity index (χ2n) is 4.40. The molecule has 2 rings (SSSR count). The number of nitriles is 1. The maximum absolute atomic E-state index is 12.3. The number of hydrogen-bond acceptors (Lipinski definition) is 4. The number of carbonyl (C=O) groups excluding carboxylic acids is 1. The molecule has 0 saturated heterocycles. The van der Waals surface area contributed by atoms with Gasteiger partial charge in [0.1, 0.15) is 24.2 Å². The lowest BCUT2D eigenvalue weighted by Gasteiger charge is -2.03. The number of amides is 1. The number of halogens is 2. The summed E-state index contributed by atoms with van der Waals surface area (Å²) in [6, 6.07) is 12.4. The largest absolute Gasteiger partial charge is 0.494 e. The van der Waals surface area contributed by atoms with Gasteiger partial charge < -0.3 is 15.2 Å². The van der Waals surface area contributed by atoms with Crippen molar-refractivity contribution < 1.29 is 19.0 Å². The van der Waals surface area contributed by atoms with Crippen molar-refractivity contribution in [1.29, 1.82) is 5.26 Å². The van der Waals surface area contributed by atoms with E-state index in [2.05, 4.69) is 5.32 Å². The molecule has 0 bridgehead atoms. The Labute approximate surface area is 144 Å². The van der Waals surface area contributed by atoms with Gasteiger partial charge in [-0.15, -0.1) is 0 Å². The molecule has 0 radical (unpaired) electrons. The molecule has 0 heterocycles. The van der Waals surface area contributed by atoms with Crippen LogP contribution < -0.4 is 10.1 Å². The molecule has 0 unspecified atom stereocenters. The molecule has 2 aromatic rings. The topological polar surface area (TPSA) is 82.3 Å². The van der Waals surface area contributed by atoms with E-state index in [0.29, 0.717) is 23.6 Å². The molecule has 0 aliphatic rings. The van der Waals surface area contributed by atoms with Crippen molar-refractivity contribution in [2.24, 2.45) is 0 Å². The summed E-state index contributed by atoms with van der Waals surface area (Å²) in [6.45, 7) is 1.92. The third-order valence-electron chi connectivity index (χ3n) is 2.64. The minimum Gasteiger partial charge on any atom is -0.494 e. The lowest BCUT2D eigenvalue weighted by molar-refractivity contribution is -0.118. The number of carbonyl (C=O) groups is 1.